The van der Waals surface area contributed by atoms with Crippen molar-refractivity contribution in [3.63, 3.8) is 0 Å². The molecular weight excluding hydrogens is 372 g/mol. The van der Waals surface area contributed by atoms with E-state index in [9.17, 15) is 9.59 Å². The summed E-state index contributed by atoms with van der Waals surface area (Å²) in [7, 11) is 5.07. The van der Waals surface area contributed by atoms with Gasteiger partial charge in [0.2, 0.25) is 5.91 Å². The number of fused-ring (bicyclic) bond motifs is 1. The van der Waals surface area contributed by atoms with Crippen molar-refractivity contribution in [2.75, 3.05) is 24.8 Å². The van der Waals surface area contributed by atoms with E-state index in [1.54, 1.807) is 13.2 Å². The number of hydrogen-bond acceptors (Lipinski definition) is 6. The molecular formula is C20H22N6O3. The van der Waals surface area contributed by atoms with Crippen LogP contribution >= 0.6 is 0 Å². The second-order valence-corrected chi connectivity index (χ2v) is 6.97. The molecule has 29 heavy (non-hydrogen) atoms. The zero-order chi connectivity index (χ0) is 20.5. The van der Waals surface area contributed by atoms with Crippen LogP contribution in [0.25, 0.3) is 10.9 Å². The van der Waals surface area contributed by atoms with E-state index in [4.69, 9.17) is 4.74 Å². The molecule has 3 N–H and O–H groups in total. The van der Waals surface area contributed by atoms with Gasteiger partial charge in [0.15, 0.2) is 11.5 Å². The summed E-state index contributed by atoms with van der Waals surface area (Å²) in [5.41, 5.74) is 2.28. The third-order valence-corrected chi connectivity index (χ3v) is 4.90. The van der Waals surface area contributed by atoms with Gasteiger partial charge in [-0.2, -0.15) is 0 Å². The molecule has 9 heteroatoms. The smallest absolute Gasteiger partial charge is 0.273 e. The topological polar surface area (TPSA) is 110 Å². The summed E-state index contributed by atoms with van der Waals surface area (Å²) in [6, 6.07) is 7.39. The summed E-state index contributed by atoms with van der Waals surface area (Å²) in [6.07, 6.45) is 3.68. The van der Waals surface area contributed by atoms with Crippen LogP contribution < -0.4 is 20.7 Å². The van der Waals surface area contributed by atoms with Crippen molar-refractivity contribution in [1.82, 2.24) is 20.1 Å². The minimum Gasteiger partial charge on any atom is -0.496 e. The maximum absolute atomic E-state index is 12.3. The number of ether oxygens (including phenoxy) is 1. The van der Waals surface area contributed by atoms with E-state index in [1.807, 2.05) is 36.0 Å². The van der Waals surface area contributed by atoms with Gasteiger partial charge in [-0.15, -0.1) is 10.2 Å². The summed E-state index contributed by atoms with van der Waals surface area (Å²) >= 11 is 0. The van der Waals surface area contributed by atoms with Gasteiger partial charge in [-0.1, -0.05) is 6.07 Å². The van der Waals surface area contributed by atoms with Crippen LogP contribution in [0.5, 0.6) is 5.75 Å². The van der Waals surface area contributed by atoms with Crippen LogP contribution in [0.4, 0.5) is 17.2 Å². The average molecular weight is 394 g/mol. The van der Waals surface area contributed by atoms with Crippen LogP contribution in [0.3, 0.4) is 0 Å². The molecule has 4 rings (SSSR count). The van der Waals surface area contributed by atoms with Gasteiger partial charge >= 0.3 is 0 Å². The summed E-state index contributed by atoms with van der Waals surface area (Å²) in [5, 5.41) is 17.5. The SMILES string of the molecule is CNC(=O)c1nnc(NC(=O)C2CC2)cc1Nc1cn(C)c2cccc(OC)c12. The largest absolute Gasteiger partial charge is 0.496 e. The first-order valence-corrected chi connectivity index (χ1v) is 9.31. The molecule has 0 bridgehead atoms. The first-order valence-electron chi connectivity index (χ1n) is 9.31. The predicted octanol–water partition coefficient (Wildman–Crippen LogP) is 2.43. The quantitative estimate of drug-likeness (QED) is 0.592. The molecule has 0 unspecified atom stereocenters. The number of nitrogens with zero attached hydrogens (tertiary/aromatic N) is 3. The lowest BCUT2D eigenvalue weighted by Gasteiger charge is -2.12. The molecule has 2 heterocycles. The Balaban J connectivity index is 1.75. The summed E-state index contributed by atoms with van der Waals surface area (Å²) < 4.78 is 7.47. The molecule has 1 aromatic carbocycles. The third-order valence-electron chi connectivity index (χ3n) is 4.90. The van der Waals surface area contributed by atoms with Crippen LogP contribution in [0.15, 0.2) is 30.5 Å². The highest BCUT2D eigenvalue weighted by atomic mass is 16.5. The number of aromatic nitrogens is 3. The van der Waals surface area contributed by atoms with Crippen LogP contribution in [0.2, 0.25) is 0 Å². The molecule has 1 fully saturated rings. The second kappa shape index (κ2) is 7.42. The van der Waals surface area contributed by atoms with Gasteiger partial charge in [0.1, 0.15) is 5.75 Å². The molecule has 1 aliphatic rings. The van der Waals surface area contributed by atoms with Gasteiger partial charge in [0.05, 0.1) is 29.4 Å². The molecule has 0 spiro atoms. The number of nitrogens with one attached hydrogen (secondary N) is 3. The minimum absolute atomic E-state index is 0.0363. The Hall–Kier alpha value is -3.62. The maximum Gasteiger partial charge on any atom is 0.273 e. The molecule has 150 valence electrons. The lowest BCUT2D eigenvalue weighted by molar-refractivity contribution is -0.117. The highest BCUT2D eigenvalue weighted by molar-refractivity contribution is 6.03. The summed E-state index contributed by atoms with van der Waals surface area (Å²) in [4.78, 5) is 24.4. The highest BCUT2D eigenvalue weighted by Gasteiger charge is 2.30. The van der Waals surface area contributed by atoms with Gasteiger partial charge in [0, 0.05) is 32.3 Å². The van der Waals surface area contributed by atoms with Gasteiger partial charge in [0.25, 0.3) is 5.91 Å². The monoisotopic (exact) mass is 394 g/mol. The lowest BCUT2D eigenvalue weighted by Crippen LogP contribution is -2.22. The Morgan fingerprint density at radius 2 is 2.00 bits per heavy atom. The Morgan fingerprint density at radius 3 is 2.69 bits per heavy atom. The van der Waals surface area contributed by atoms with E-state index in [1.165, 1.54) is 7.05 Å². The molecule has 2 amide bonds. The van der Waals surface area contributed by atoms with E-state index in [0.29, 0.717) is 17.3 Å². The number of amides is 2. The number of anilines is 3. The second-order valence-electron chi connectivity index (χ2n) is 6.97. The van der Waals surface area contributed by atoms with Crippen LogP contribution in [-0.4, -0.2) is 40.7 Å². The van der Waals surface area contributed by atoms with Crippen molar-refractivity contribution in [3.8, 4) is 5.75 Å². The van der Waals surface area contributed by atoms with Gasteiger partial charge < -0.3 is 25.3 Å². The average Bonchev–Trinajstić information content (AvgIpc) is 3.53. The Bertz CT molecular complexity index is 1100. The maximum atomic E-state index is 12.3. The van der Waals surface area contributed by atoms with Crippen molar-refractivity contribution in [2.45, 2.75) is 12.8 Å². The van der Waals surface area contributed by atoms with Crippen LogP contribution in [0, 0.1) is 5.92 Å². The lowest BCUT2D eigenvalue weighted by atomic mass is 10.2. The van der Waals surface area contributed by atoms with E-state index >= 15 is 0 Å². The fraction of sp³-hybridized carbons (Fsp3) is 0.300. The number of aryl methyl sites for hydroxylation is 1. The number of benzene rings is 1. The first kappa shape index (κ1) is 18.7. The Kier molecular flexibility index (Phi) is 4.79. The molecule has 1 saturated carbocycles. The predicted molar refractivity (Wildman–Crippen MR) is 110 cm³/mol. The van der Waals surface area contributed by atoms with Crippen molar-refractivity contribution in [3.05, 3.63) is 36.2 Å². The molecule has 3 aromatic rings. The van der Waals surface area contributed by atoms with E-state index < -0.39 is 0 Å². The molecule has 0 atom stereocenters. The first-order chi connectivity index (χ1) is 14.0. The molecule has 1 aliphatic carbocycles. The fourth-order valence-electron chi connectivity index (χ4n) is 3.23. The number of rotatable bonds is 6. The summed E-state index contributed by atoms with van der Waals surface area (Å²) in [6.45, 7) is 0. The Morgan fingerprint density at radius 1 is 1.21 bits per heavy atom. The standard InChI is InChI=1S/C20H22N6O3/c1-21-20(28)18-12(9-16(24-25-18)23-19(27)11-7-8-11)22-13-10-26(2)14-5-4-6-15(29-3)17(13)14/h4-6,9-11H,7-8H2,1-3H3,(H,21,28)(H2,22,23,24,27). The molecule has 0 aliphatic heterocycles. The molecule has 0 saturated heterocycles. The fourth-order valence-corrected chi connectivity index (χ4v) is 3.23. The number of carbonyl (C=O) groups excluding carboxylic acids is 2. The number of methoxy groups -OCH3 is 1. The zero-order valence-corrected chi connectivity index (χ0v) is 16.4. The van der Waals surface area contributed by atoms with E-state index in [-0.39, 0.29) is 23.4 Å². The normalized spacial score (nSPS) is 13.2. The Labute approximate surface area is 167 Å². The van der Waals surface area contributed by atoms with Crippen molar-refractivity contribution in [1.29, 1.82) is 0 Å². The molecule has 2 aromatic heterocycles. The number of carbonyl (C=O) groups is 2. The van der Waals surface area contributed by atoms with E-state index in [2.05, 4.69) is 26.1 Å². The van der Waals surface area contributed by atoms with Crippen molar-refractivity contribution < 1.29 is 14.3 Å². The highest BCUT2D eigenvalue weighted by Crippen LogP contribution is 2.36. The van der Waals surface area contributed by atoms with Crippen molar-refractivity contribution in [2.24, 2.45) is 13.0 Å². The third kappa shape index (κ3) is 3.58. The van der Waals surface area contributed by atoms with Gasteiger partial charge in [-0.3, -0.25) is 9.59 Å². The zero-order valence-electron chi connectivity index (χ0n) is 16.4. The number of hydrogen-bond donors (Lipinski definition) is 3. The molecule has 0 radical (unpaired) electrons. The van der Waals surface area contributed by atoms with E-state index in [0.717, 1.165) is 29.4 Å². The van der Waals surface area contributed by atoms with Crippen LogP contribution in [0.1, 0.15) is 23.3 Å². The van der Waals surface area contributed by atoms with Crippen LogP contribution in [-0.2, 0) is 11.8 Å². The van der Waals surface area contributed by atoms with Crippen molar-refractivity contribution >= 4 is 39.9 Å². The molecule has 9 nitrogen and oxygen atoms in total. The minimum atomic E-state index is -0.382. The summed E-state index contributed by atoms with van der Waals surface area (Å²) in [5.74, 6) is 0.576. The van der Waals surface area contributed by atoms with Gasteiger partial charge in [-0.25, -0.2) is 0 Å². The van der Waals surface area contributed by atoms with Gasteiger partial charge in [-0.05, 0) is 25.0 Å².